The van der Waals surface area contributed by atoms with Gasteiger partial charge in [-0.25, -0.2) is 4.79 Å². The van der Waals surface area contributed by atoms with Gasteiger partial charge in [0.15, 0.2) is 0 Å². The summed E-state index contributed by atoms with van der Waals surface area (Å²) < 4.78 is 7.20. The highest BCUT2D eigenvalue weighted by atomic mass is 16.6. The lowest BCUT2D eigenvalue weighted by atomic mass is 10.0. The number of likely N-dealkylation sites (tertiary alicyclic amines) is 1. The van der Waals surface area contributed by atoms with Crippen LogP contribution in [0.1, 0.15) is 59.9 Å². The molecule has 202 valence electrons. The molecule has 10 heteroatoms. The van der Waals surface area contributed by atoms with Gasteiger partial charge in [0.25, 0.3) is 11.8 Å². The SMILES string of the molecule is Cc1cc(C(=O)Nc2ccc(N(C)C3CCN(C(=O)OC(C)(C)C)CC3)cc2C(N)=O)cc2cn(C)nc12. The maximum atomic E-state index is 13.1. The van der Waals surface area contributed by atoms with E-state index >= 15 is 0 Å². The van der Waals surface area contributed by atoms with Crippen LogP contribution in [0, 0.1) is 6.92 Å². The van der Waals surface area contributed by atoms with Gasteiger partial charge in [0.2, 0.25) is 0 Å². The molecule has 3 N–H and O–H groups in total. The van der Waals surface area contributed by atoms with E-state index in [4.69, 9.17) is 10.5 Å². The first-order valence-electron chi connectivity index (χ1n) is 12.7. The van der Waals surface area contributed by atoms with Crippen LogP contribution in [-0.4, -0.2) is 64.4 Å². The van der Waals surface area contributed by atoms with E-state index < -0.39 is 11.5 Å². The second kappa shape index (κ2) is 10.4. The van der Waals surface area contributed by atoms with Crippen molar-refractivity contribution >= 4 is 40.2 Å². The number of carbonyl (C=O) groups excluding carboxylic acids is 3. The summed E-state index contributed by atoms with van der Waals surface area (Å²) in [6, 6.07) is 8.99. The number of aromatic nitrogens is 2. The van der Waals surface area contributed by atoms with E-state index in [1.807, 2.05) is 54.1 Å². The Bertz CT molecular complexity index is 1380. The fourth-order valence-electron chi connectivity index (χ4n) is 4.79. The Labute approximate surface area is 222 Å². The van der Waals surface area contributed by atoms with Crippen LogP contribution < -0.4 is 16.0 Å². The Hall–Kier alpha value is -4.08. The molecule has 3 aromatic rings. The van der Waals surface area contributed by atoms with Gasteiger partial charge in [0, 0.05) is 56.1 Å². The lowest BCUT2D eigenvalue weighted by Crippen LogP contribution is -2.47. The summed E-state index contributed by atoms with van der Waals surface area (Å²) in [5, 5.41) is 8.13. The summed E-state index contributed by atoms with van der Waals surface area (Å²) in [4.78, 5) is 41.6. The largest absolute Gasteiger partial charge is 0.444 e. The predicted molar refractivity (Wildman–Crippen MR) is 148 cm³/mol. The van der Waals surface area contributed by atoms with Crippen molar-refractivity contribution in [3.63, 3.8) is 0 Å². The third-order valence-electron chi connectivity index (χ3n) is 6.76. The molecule has 1 saturated heterocycles. The minimum Gasteiger partial charge on any atom is -0.444 e. The summed E-state index contributed by atoms with van der Waals surface area (Å²) >= 11 is 0. The highest BCUT2D eigenvalue weighted by molar-refractivity contribution is 6.10. The third-order valence-corrected chi connectivity index (χ3v) is 6.76. The van der Waals surface area contributed by atoms with Gasteiger partial charge in [-0.3, -0.25) is 14.3 Å². The zero-order chi connectivity index (χ0) is 27.8. The zero-order valence-electron chi connectivity index (χ0n) is 22.9. The first kappa shape index (κ1) is 27.0. The number of anilines is 2. The molecule has 1 fully saturated rings. The number of nitrogens with one attached hydrogen (secondary N) is 1. The molecule has 0 spiro atoms. The quantitative estimate of drug-likeness (QED) is 0.523. The van der Waals surface area contributed by atoms with Crippen molar-refractivity contribution in [2.45, 2.75) is 52.2 Å². The molecule has 3 amide bonds. The normalized spacial score (nSPS) is 14.4. The van der Waals surface area contributed by atoms with Crippen LogP contribution >= 0.6 is 0 Å². The summed E-state index contributed by atoms with van der Waals surface area (Å²) in [6.07, 6.45) is 3.08. The Balaban J connectivity index is 1.47. The van der Waals surface area contributed by atoms with Gasteiger partial charge < -0.3 is 25.6 Å². The lowest BCUT2D eigenvalue weighted by molar-refractivity contribution is 0.0205. The molecule has 1 aliphatic heterocycles. The summed E-state index contributed by atoms with van der Waals surface area (Å²) in [5.74, 6) is -0.967. The summed E-state index contributed by atoms with van der Waals surface area (Å²) in [5.41, 5.74) is 8.75. The molecule has 10 nitrogen and oxygen atoms in total. The molecule has 1 aromatic heterocycles. The van der Waals surface area contributed by atoms with Crippen LogP contribution in [0.25, 0.3) is 10.9 Å². The van der Waals surface area contributed by atoms with Gasteiger partial charge in [-0.1, -0.05) is 0 Å². The van der Waals surface area contributed by atoms with Crippen molar-refractivity contribution < 1.29 is 19.1 Å². The van der Waals surface area contributed by atoms with Crippen molar-refractivity contribution in [3.8, 4) is 0 Å². The summed E-state index contributed by atoms with van der Waals surface area (Å²) in [6.45, 7) is 8.64. The number of ether oxygens (including phenoxy) is 1. The number of benzene rings is 2. The fraction of sp³-hybridized carbons (Fsp3) is 0.429. The van der Waals surface area contributed by atoms with Gasteiger partial charge in [-0.05, 0) is 76.4 Å². The lowest BCUT2D eigenvalue weighted by Gasteiger charge is -2.38. The molecule has 0 unspecified atom stereocenters. The highest BCUT2D eigenvalue weighted by Gasteiger charge is 2.29. The van der Waals surface area contributed by atoms with E-state index in [9.17, 15) is 14.4 Å². The average Bonchev–Trinajstić information content (AvgIpc) is 3.23. The fourth-order valence-corrected chi connectivity index (χ4v) is 4.79. The first-order chi connectivity index (χ1) is 17.8. The Morgan fingerprint density at radius 1 is 1.13 bits per heavy atom. The van der Waals surface area contributed by atoms with Crippen LogP contribution in [-0.2, 0) is 11.8 Å². The van der Waals surface area contributed by atoms with E-state index in [0.29, 0.717) is 24.3 Å². The van der Waals surface area contributed by atoms with E-state index in [-0.39, 0.29) is 23.6 Å². The number of hydrogen-bond donors (Lipinski definition) is 2. The van der Waals surface area contributed by atoms with Crippen molar-refractivity contribution in [1.29, 1.82) is 0 Å². The molecular weight excluding hydrogens is 484 g/mol. The number of carbonyl (C=O) groups is 3. The smallest absolute Gasteiger partial charge is 0.410 e. The van der Waals surface area contributed by atoms with Crippen molar-refractivity contribution in [3.05, 3.63) is 53.2 Å². The van der Waals surface area contributed by atoms with Crippen LogP contribution in [0.5, 0.6) is 0 Å². The Morgan fingerprint density at radius 3 is 2.45 bits per heavy atom. The molecule has 1 aliphatic rings. The van der Waals surface area contributed by atoms with Gasteiger partial charge in [0.05, 0.1) is 16.8 Å². The molecular formula is C28H36N6O4. The number of rotatable bonds is 5. The molecule has 2 aromatic carbocycles. The molecule has 0 radical (unpaired) electrons. The van der Waals surface area contributed by atoms with Crippen LogP contribution in [0.4, 0.5) is 16.2 Å². The number of aryl methyl sites for hydroxylation is 2. The van der Waals surface area contributed by atoms with Gasteiger partial charge >= 0.3 is 6.09 Å². The second-order valence-electron chi connectivity index (χ2n) is 10.9. The second-order valence-corrected chi connectivity index (χ2v) is 10.9. The number of hydrogen-bond acceptors (Lipinski definition) is 6. The van der Waals surface area contributed by atoms with Crippen molar-refractivity contribution in [2.75, 3.05) is 30.4 Å². The third kappa shape index (κ3) is 5.90. The number of nitrogens with two attached hydrogens (primary N) is 1. The van der Waals surface area contributed by atoms with Crippen LogP contribution in [0.2, 0.25) is 0 Å². The zero-order valence-corrected chi connectivity index (χ0v) is 22.9. The number of nitrogens with zero attached hydrogens (tertiary/aromatic N) is 4. The number of amides is 3. The number of piperidine rings is 1. The van der Waals surface area contributed by atoms with Crippen molar-refractivity contribution in [2.24, 2.45) is 12.8 Å². The summed E-state index contributed by atoms with van der Waals surface area (Å²) in [7, 11) is 3.79. The molecule has 0 saturated carbocycles. The maximum absolute atomic E-state index is 13.1. The van der Waals surface area contributed by atoms with Crippen LogP contribution in [0.3, 0.4) is 0 Å². The minimum absolute atomic E-state index is 0.170. The predicted octanol–water partition coefficient (Wildman–Crippen LogP) is 4.07. The number of fused-ring (bicyclic) bond motifs is 1. The van der Waals surface area contributed by atoms with E-state index in [0.717, 1.165) is 35.0 Å². The highest BCUT2D eigenvalue weighted by Crippen LogP contribution is 2.28. The monoisotopic (exact) mass is 520 g/mol. The minimum atomic E-state index is -0.630. The van der Waals surface area contributed by atoms with Gasteiger partial charge in [-0.2, -0.15) is 5.10 Å². The van der Waals surface area contributed by atoms with Crippen molar-refractivity contribution in [1.82, 2.24) is 14.7 Å². The van der Waals surface area contributed by atoms with E-state index in [1.165, 1.54) is 0 Å². The number of primary amides is 1. The molecule has 38 heavy (non-hydrogen) atoms. The van der Waals surface area contributed by atoms with E-state index in [2.05, 4.69) is 15.3 Å². The Morgan fingerprint density at radius 2 is 1.82 bits per heavy atom. The standard InChI is InChI=1S/C28H36N6O4/c1-17-13-18(14-19-16-32(5)31-24(17)19)26(36)30-23-8-7-21(15-22(23)25(29)35)33(6)20-9-11-34(12-10-20)27(37)38-28(2,3)4/h7-8,13-16,20H,9-12H2,1-6H3,(H2,29,35)(H,30,36). The molecule has 4 rings (SSSR count). The molecule has 0 bridgehead atoms. The van der Waals surface area contributed by atoms with E-state index in [1.54, 1.807) is 33.8 Å². The molecule has 2 heterocycles. The molecule has 0 aliphatic carbocycles. The topological polar surface area (TPSA) is 123 Å². The Kier molecular flexibility index (Phi) is 7.35. The first-order valence-corrected chi connectivity index (χ1v) is 12.7. The van der Waals surface area contributed by atoms with Gasteiger partial charge in [0.1, 0.15) is 5.60 Å². The van der Waals surface area contributed by atoms with Crippen LogP contribution in [0.15, 0.2) is 36.5 Å². The maximum Gasteiger partial charge on any atom is 0.410 e. The van der Waals surface area contributed by atoms with Gasteiger partial charge in [-0.15, -0.1) is 0 Å². The molecule has 0 atom stereocenters. The average molecular weight is 521 g/mol.